The highest BCUT2D eigenvalue weighted by Crippen LogP contribution is 2.32. The van der Waals surface area contributed by atoms with Crippen LogP contribution in [0.25, 0.3) is 0 Å². The molecule has 0 aliphatic carbocycles. The van der Waals surface area contributed by atoms with Crippen LogP contribution >= 0.6 is 0 Å². The van der Waals surface area contributed by atoms with E-state index in [0.717, 1.165) is 6.07 Å². The summed E-state index contributed by atoms with van der Waals surface area (Å²) in [6.45, 7) is 0. The van der Waals surface area contributed by atoms with Crippen LogP contribution in [0.2, 0.25) is 0 Å². The Kier molecular flexibility index (Phi) is 4.75. The number of alkyl halides is 3. The molecule has 1 rings (SSSR count). The number of anilines is 1. The van der Waals surface area contributed by atoms with E-state index >= 15 is 0 Å². The van der Waals surface area contributed by atoms with Crippen LogP contribution in [-0.2, 0) is 11.0 Å². The lowest BCUT2D eigenvalue weighted by atomic mass is 10.1. The number of hydrogen-bond acceptors (Lipinski definition) is 2. The molecule has 1 aromatic carbocycles. The number of halogens is 3. The topological polar surface area (TPSA) is 66.4 Å². The van der Waals surface area contributed by atoms with Gasteiger partial charge in [0.05, 0.1) is 11.1 Å². The predicted molar refractivity (Wildman–Crippen MR) is 65.1 cm³/mol. The Balaban J connectivity index is 3.07. The molecule has 0 aliphatic heterocycles. The summed E-state index contributed by atoms with van der Waals surface area (Å²) in [5.74, 6) is 0.112. The molecule has 0 spiro atoms. The van der Waals surface area contributed by atoms with E-state index in [2.05, 4.69) is 11.2 Å². The average molecular weight is 285 g/mol. The zero-order valence-corrected chi connectivity index (χ0v) is 10.1. The summed E-state index contributed by atoms with van der Waals surface area (Å²) in [7, 11) is 0. The summed E-state index contributed by atoms with van der Waals surface area (Å²) in [6.07, 6.45) is 0.329. The lowest BCUT2D eigenvalue weighted by molar-refractivity contribution is -0.137. The molecule has 20 heavy (non-hydrogen) atoms. The molecule has 0 aliphatic rings. The Morgan fingerprint density at radius 3 is 2.45 bits per heavy atom. The second-order valence-electron chi connectivity index (χ2n) is 3.85. The van der Waals surface area contributed by atoms with E-state index in [0.29, 0.717) is 12.1 Å². The molecular formula is C13H10F3NO3. The van der Waals surface area contributed by atoms with Crippen molar-refractivity contribution in [2.75, 3.05) is 5.32 Å². The molecule has 0 saturated heterocycles. The molecule has 0 bridgehead atoms. The summed E-state index contributed by atoms with van der Waals surface area (Å²) in [4.78, 5) is 22.2. The first-order valence-electron chi connectivity index (χ1n) is 5.43. The first kappa shape index (κ1) is 15.6. The first-order valence-corrected chi connectivity index (χ1v) is 5.43. The lowest BCUT2D eigenvalue weighted by Crippen LogP contribution is -2.14. The fourth-order valence-corrected chi connectivity index (χ4v) is 1.40. The van der Waals surface area contributed by atoms with E-state index in [1.807, 2.05) is 0 Å². The predicted octanol–water partition coefficient (Wildman–Crippen LogP) is 2.76. The number of nitrogens with one attached hydrogen (secondary N) is 1. The van der Waals surface area contributed by atoms with E-state index in [4.69, 9.17) is 11.5 Å². The first-order chi connectivity index (χ1) is 9.24. The SMILES string of the molecule is C#CCCC(=O)Nc1cc(C(=O)O)cc(C(F)(F)F)c1. The van der Waals surface area contributed by atoms with Crippen molar-refractivity contribution in [2.24, 2.45) is 0 Å². The van der Waals surface area contributed by atoms with Crippen LogP contribution in [0.4, 0.5) is 18.9 Å². The van der Waals surface area contributed by atoms with Gasteiger partial charge in [-0.25, -0.2) is 4.79 Å². The van der Waals surface area contributed by atoms with Crippen LogP contribution < -0.4 is 5.32 Å². The van der Waals surface area contributed by atoms with E-state index in [1.54, 1.807) is 0 Å². The van der Waals surface area contributed by atoms with Crippen molar-refractivity contribution in [3.63, 3.8) is 0 Å². The molecule has 0 unspecified atom stereocenters. The molecule has 4 nitrogen and oxygen atoms in total. The fourth-order valence-electron chi connectivity index (χ4n) is 1.40. The fraction of sp³-hybridized carbons (Fsp3) is 0.231. The number of amides is 1. The summed E-state index contributed by atoms with van der Waals surface area (Å²) in [5, 5.41) is 11.0. The van der Waals surface area contributed by atoms with Crippen LogP contribution in [-0.4, -0.2) is 17.0 Å². The Labute approximate surface area is 112 Å². The number of hydrogen-bond donors (Lipinski definition) is 2. The smallest absolute Gasteiger partial charge is 0.416 e. The van der Waals surface area contributed by atoms with Crippen molar-refractivity contribution >= 4 is 17.6 Å². The zero-order chi connectivity index (χ0) is 15.3. The number of carboxylic acid groups (broad SMARTS) is 1. The Bertz CT molecular complexity index is 573. The molecule has 106 valence electrons. The van der Waals surface area contributed by atoms with Crippen molar-refractivity contribution in [2.45, 2.75) is 19.0 Å². The summed E-state index contributed by atoms with van der Waals surface area (Å²) in [6, 6.07) is 2.12. The van der Waals surface area contributed by atoms with Crippen molar-refractivity contribution in [1.29, 1.82) is 0 Å². The summed E-state index contributed by atoms with van der Waals surface area (Å²) in [5.41, 5.74) is -1.95. The van der Waals surface area contributed by atoms with Gasteiger partial charge in [0.1, 0.15) is 0 Å². The van der Waals surface area contributed by atoms with Gasteiger partial charge in [-0.15, -0.1) is 12.3 Å². The highest BCUT2D eigenvalue weighted by Gasteiger charge is 2.32. The highest BCUT2D eigenvalue weighted by atomic mass is 19.4. The van der Waals surface area contributed by atoms with Crippen molar-refractivity contribution in [3.8, 4) is 12.3 Å². The van der Waals surface area contributed by atoms with Crippen LogP contribution in [0.15, 0.2) is 18.2 Å². The van der Waals surface area contributed by atoms with Crippen LogP contribution in [0.5, 0.6) is 0 Å². The van der Waals surface area contributed by atoms with Crippen molar-refractivity contribution < 1.29 is 27.9 Å². The number of carbonyl (C=O) groups is 2. The van der Waals surface area contributed by atoms with Gasteiger partial charge in [0.15, 0.2) is 0 Å². The number of carbonyl (C=O) groups excluding carboxylic acids is 1. The summed E-state index contributed by atoms with van der Waals surface area (Å²) < 4.78 is 37.9. The van der Waals surface area contributed by atoms with Gasteiger partial charge in [0.2, 0.25) is 5.91 Å². The maximum absolute atomic E-state index is 12.6. The molecule has 0 aromatic heterocycles. The number of aromatic carboxylic acids is 1. The van der Waals surface area contributed by atoms with Gasteiger partial charge in [0, 0.05) is 18.5 Å². The molecule has 0 fully saturated rings. The van der Waals surface area contributed by atoms with E-state index in [-0.39, 0.29) is 18.5 Å². The molecule has 7 heteroatoms. The third-order valence-electron chi connectivity index (χ3n) is 2.29. The van der Waals surface area contributed by atoms with E-state index in [1.165, 1.54) is 0 Å². The molecule has 0 radical (unpaired) electrons. The van der Waals surface area contributed by atoms with Gasteiger partial charge < -0.3 is 10.4 Å². The van der Waals surface area contributed by atoms with Crippen LogP contribution in [0.3, 0.4) is 0 Å². The second-order valence-corrected chi connectivity index (χ2v) is 3.85. The van der Waals surface area contributed by atoms with Crippen LogP contribution in [0, 0.1) is 12.3 Å². The van der Waals surface area contributed by atoms with Gasteiger partial charge in [-0.1, -0.05) is 0 Å². The number of benzene rings is 1. The molecule has 1 amide bonds. The monoisotopic (exact) mass is 285 g/mol. The maximum Gasteiger partial charge on any atom is 0.416 e. The highest BCUT2D eigenvalue weighted by molar-refractivity contribution is 5.94. The number of terminal acetylenes is 1. The Morgan fingerprint density at radius 2 is 1.95 bits per heavy atom. The average Bonchev–Trinajstić information content (AvgIpc) is 2.34. The van der Waals surface area contributed by atoms with Gasteiger partial charge in [-0.05, 0) is 18.2 Å². The second kappa shape index (κ2) is 6.10. The third kappa shape index (κ3) is 4.31. The molecule has 0 heterocycles. The molecule has 2 N–H and O–H groups in total. The van der Waals surface area contributed by atoms with Crippen LogP contribution in [0.1, 0.15) is 28.8 Å². The van der Waals surface area contributed by atoms with Gasteiger partial charge in [-0.2, -0.15) is 13.2 Å². The molecule has 0 atom stereocenters. The van der Waals surface area contributed by atoms with E-state index < -0.39 is 29.2 Å². The molecule has 0 saturated carbocycles. The molecular weight excluding hydrogens is 275 g/mol. The Hall–Kier alpha value is -2.49. The zero-order valence-electron chi connectivity index (χ0n) is 10.1. The Morgan fingerprint density at radius 1 is 1.30 bits per heavy atom. The minimum Gasteiger partial charge on any atom is -0.478 e. The van der Waals surface area contributed by atoms with Gasteiger partial charge in [-0.3, -0.25) is 4.79 Å². The maximum atomic E-state index is 12.6. The third-order valence-corrected chi connectivity index (χ3v) is 2.29. The number of carboxylic acids is 1. The van der Waals surface area contributed by atoms with Gasteiger partial charge in [0.25, 0.3) is 0 Å². The minimum atomic E-state index is -4.70. The number of rotatable bonds is 4. The largest absolute Gasteiger partial charge is 0.478 e. The quantitative estimate of drug-likeness (QED) is 0.836. The molecule has 1 aromatic rings. The van der Waals surface area contributed by atoms with Crippen molar-refractivity contribution in [1.82, 2.24) is 0 Å². The minimum absolute atomic E-state index is 0.0604. The lowest BCUT2D eigenvalue weighted by Gasteiger charge is -2.11. The van der Waals surface area contributed by atoms with E-state index in [9.17, 15) is 22.8 Å². The van der Waals surface area contributed by atoms with Crippen molar-refractivity contribution in [3.05, 3.63) is 29.3 Å². The standard InChI is InChI=1S/C13H10F3NO3/c1-2-3-4-11(18)17-10-6-8(12(19)20)5-9(7-10)13(14,15)16/h1,5-7H,3-4H2,(H,17,18)(H,19,20). The van der Waals surface area contributed by atoms with Gasteiger partial charge >= 0.3 is 12.1 Å². The normalized spacial score (nSPS) is 10.7. The summed E-state index contributed by atoms with van der Waals surface area (Å²) >= 11 is 0.